The zero-order valence-electron chi connectivity index (χ0n) is 16.3. The third kappa shape index (κ3) is 8.69. The topological polar surface area (TPSA) is 65.5 Å². The maximum atomic E-state index is 12.9. The Kier molecular flexibility index (Phi) is 11.2. The summed E-state index contributed by atoms with van der Waals surface area (Å²) in [6.07, 6.45) is 2.15. The first-order valence-corrected chi connectivity index (χ1v) is 9.18. The maximum Gasteiger partial charge on any atom is 0.224 e. The standard InChI is InChI=1S/C21H27FN4O.HI/c1-3-4-20(27)26-19-11-7-17(8-12-19)15-25-21(23-2)24-14-13-16-5-9-18(22)10-6-16;/h5-12H,3-4,13-15H2,1-2H3,(H,26,27)(H2,23,24,25);1H. The van der Waals surface area contributed by atoms with Gasteiger partial charge < -0.3 is 16.0 Å². The summed E-state index contributed by atoms with van der Waals surface area (Å²) in [6.45, 7) is 3.31. The zero-order chi connectivity index (χ0) is 19.5. The van der Waals surface area contributed by atoms with Crippen LogP contribution in [0.4, 0.5) is 10.1 Å². The van der Waals surface area contributed by atoms with E-state index in [1.807, 2.05) is 31.2 Å². The van der Waals surface area contributed by atoms with Crippen LogP contribution in [-0.4, -0.2) is 25.5 Å². The summed E-state index contributed by atoms with van der Waals surface area (Å²) >= 11 is 0. The van der Waals surface area contributed by atoms with Gasteiger partial charge in [0.15, 0.2) is 5.96 Å². The molecule has 28 heavy (non-hydrogen) atoms. The lowest BCUT2D eigenvalue weighted by Crippen LogP contribution is -2.37. The van der Waals surface area contributed by atoms with E-state index in [-0.39, 0.29) is 35.7 Å². The molecule has 152 valence electrons. The lowest BCUT2D eigenvalue weighted by atomic mass is 10.1. The average molecular weight is 498 g/mol. The van der Waals surface area contributed by atoms with E-state index >= 15 is 0 Å². The van der Waals surface area contributed by atoms with Gasteiger partial charge in [0.2, 0.25) is 5.91 Å². The van der Waals surface area contributed by atoms with Crippen LogP contribution in [0.1, 0.15) is 30.9 Å². The molecule has 2 aromatic rings. The minimum absolute atomic E-state index is 0. The normalized spacial score (nSPS) is 10.8. The third-order valence-corrected chi connectivity index (χ3v) is 4.02. The van der Waals surface area contributed by atoms with Crippen LogP contribution in [0.15, 0.2) is 53.5 Å². The van der Waals surface area contributed by atoms with Crippen LogP contribution in [0.2, 0.25) is 0 Å². The third-order valence-electron chi connectivity index (χ3n) is 4.02. The molecule has 0 aliphatic rings. The van der Waals surface area contributed by atoms with Gasteiger partial charge in [-0.25, -0.2) is 4.39 Å². The number of halogens is 2. The molecule has 0 aromatic heterocycles. The first-order chi connectivity index (χ1) is 13.1. The first-order valence-electron chi connectivity index (χ1n) is 9.18. The maximum absolute atomic E-state index is 12.9. The van der Waals surface area contributed by atoms with E-state index in [0.717, 1.165) is 29.7 Å². The highest BCUT2D eigenvalue weighted by Crippen LogP contribution is 2.10. The van der Waals surface area contributed by atoms with Crippen LogP contribution in [0, 0.1) is 5.82 Å². The summed E-state index contributed by atoms with van der Waals surface area (Å²) in [6, 6.07) is 14.3. The van der Waals surface area contributed by atoms with Crippen LogP contribution in [0.25, 0.3) is 0 Å². The second-order valence-electron chi connectivity index (χ2n) is 6.22. The van der Waals surface area contributed by atoms with E-state index < -0.39 is 0 Å². The second-order valence-corrected chi connectivity index (χ2v) is 6.22. The van der Waals surface area contributed by atoms with Gasteiger partial charge in [-0.05, 0) is 48.2 Å². The molecule has 0 spiro atoms. The number of hydrogen-bond acceptors (Lipinski definition) is 2. The molecule has 5 nitrogen and oxygen atoms in total. The van der Waals surface area contributed by atoms with Gasteiger partial charge in [0.1, 0.15) is 5.82 Å². The number of carbonyl (C=O) groups is 1. The molecule has 0 unspecified atom stereocenters. The molecule has 2 aromatic carbocycles. The van der Waals surface area contributed by atoms with Crippen molar-refractivity contribution in [3.63, 3.8) is 0 Å². The van der Waals surface area contributed by atoms with Gasteiger partial charge in [-0.1, -0.05) is 31.2 Å². The zero-order valence-corrected chi connectivity index (χ0v) is 18.6. The smallest absolute Gasteiger partial charge is 0.224 e. The SMILES string of the molecule is CCCC(=O)Nc1ccc(CNC(=NC)NCCc2ccc(F)cc2)cc1.I. The number of carbonyl (C=O) groups excluding carboxylic acids is 1. The van der Waals surface area contributed by atoms with Crippen molar-refractivity contribution in [2.45, 2.75) is 32.7 Å². The molecule has 0 fully saturated rings. The van der Waals surface area contributed by atoms with Crippen LogP contribution in [0.5, 0.6) is 0 Å². The summed E-state index contributed by atoms with van der Waals surface area (Å²) in [4.78, 5) is 15.8. The molecule has 0 aliphatic carbocycles. The predicted molar refractivity (Wildman–Crippen MR) is 124 cm³/mol. The largest absolute Gasteiger partial charge is 0.356 e. The van der Waals surface area contributed by atoms with Gasteiger partial charge in [0.25, 0.3) is 0 Å². The Hall–Kier alpha value is -2.16. The van der Waals surface area contributed by atoms with Gasteiger partial charge in [0, 0.05) is 32.2 Å². The molecule has 7 heteroatoms. The summed E-state index contributed by atoms with van der Waals surface area (Å²) in [5.41, 5.74) is 2.96. The number of nitrogens with zero attached hydrogens (tertiary/aromatic N) is 1. The predicted octanol–water partition coefficient (Wildman–Crippen LogP) is 4.09. The quantitative estimate of drug-likeness (QED) is 0.292. The number of aliphatic imine (C=N–C) groups is 1. The van der Waals surface area contributed by atoms with Crippen molar-refractivity contribution in [3.8, 4) is 0 Å². The van der Waals surface area contributed by atoms with Crippen LogP contribution < -0.4 is 16.0 Å². The van der Waals surface area contributed by atoms with Crippen molar-refractivity contribution in [2.24, 2.45) is 4.99 Å². The van der Waals surface area contributed by atoms with E-state index in [4.69, 9.17) is 0 Å². The minimum Gasteiger partial charge on any atom is -0.356 e. The van der Waals surface area contributed by atoms with Crippen molar-refractivity contribution in [1.29, 1.82) is 0 Å². The highest BCUT2D eigenvalue weighted by atomic mass is 127. The molecule has 3 N–H and O–H groups in total. The van der Waals surface area contributed by atoms with Crippen molar-refractivity contribution in [1.82, 2.24) is 10.6 Å². The Balaban J connectivity index is 0.00000392. The molecule has 0 bridgehead atoms. The van der Waals surface area contributed by atoms with Crippen LogP contribution >= 0.6 is 24.0 Å². The molecule has 0 saturated heterocycles. The van der Waals surface area contributed by atoms with E-state index in [1.165, 1.54) is 12.1 Å². The average Bonchev–Trinajstić information content (AvgIpc) is 2.67. The second kappa shape index (κ2) is 13.1. The van der Waals surface area contributed by atoms with E-state index in [2.05, 4.69) is 20.9 Å². The summed E-state index contributed by atoms with van der Waals surface area (Å²) in [7, 11) is 1.72. The molecule has 1 amide bonds. The van der Waals surface area contributed by atoms with Gasteiger partial charge in [-0.2, -0.15) is 0 Å². The van der Waals surface area contributed by atoms with E-state index in [9.17, 15) is 9.18 Å². The van der Waals surface area contributed by atoms with Crippen molar-refractivity contribution in [2.75, 3.05) is 18.9 Å². The molecule has 2 rings (SSSR count). The number of rotatable bonds is 8. The molecular formula is C21H28FIN4O. The molecule has 0 heterocycles. The van der Waals surface area contributed by atoms with Crippen molar-refractivity contribution < 1.29 is 9.18 Å². The minimum atomic E-state index is -0.222. The number of hydrogen-bond donors (Lipinski definition) is 3. The molecule has 0 atom stereocenters. The van der Waals surface area contributed by atoms with E-state index in [0.29, 0.717) is 25.5 Å². The number of anilines is 1. The van der Waals surface area contributed by atoms with E-state index in [1.54, 1.807) is 19.2 Å². The summed E-state index contributed by atoms with van der Waals surface area (Å²) in [5, 5.41) is 9.37. The highest BCUT2D eigenvalue weighted by Gasteiger charge is 2.02. The fourth-order valence-electron chi connectivity index (χ4n) is 2.54. The fraction of sp³-hybridized carbons (Fsp3) is 0.333. The van der Waals surface area contributed by atoms with Crippen LogP contribution in [-0.2, 0) is 17.8 Å². The summed E-state index contributed by atoms with van der Waals surface area (Å²) in [5.74, 6) is 0.520. The van der Waals surface area contributed by atoms with Gasteiger partial charge in [-0.3, -0.25) is 9.79 Å². The monoisotopic (exact) mass is 498 g/mol. The van der Waals surface area contributed by atoms with Crippen LogP contribution in [0.3, 0.4) is 0 Å². The Morgan fingerprint density at radius 2 is 1.64 bits per heavy atom. The number of amides is 1. The van der Waals surface area contributed by atoms with Crippen molar-refractivity contribution in [3.05, 3.63) is 65.5 Å². The number of guanidine groups is 1. The number of nitrogens with one attached hydrogen (secondary N) is 3. The Morgan fingerprint density at radius 1 is 1.00 bits per heavy atom. The fourth-order valence-corrected chi connectivity index (χ4v) is 2.54. The molecular weight excluding hydrogens is 470 g/mol. The molecule has 0 saturated carbocycles. The molecule has 0 radical (unpaired) electrons. The molecule has 0 aliphatic heterocycles. The van der Waals surface area contributed by atoms with Gasteiger partial charge in [0.05, 0.1) is 0 Å². The first kappa shape index (κ1) is 23.9. The van der Waals surface area contributed by atoms with Gasteiger partial charge in [-0.15, -0.1) is 24.0 Å². The highest BCUT2D eigenvalue weighted by molar-refractivity contribution is 14.0. The Labute approximate surface area is 183 Å². The lowest BCUT2D eigenvalue weighted by molar-refractivity contribution is -0.116. The Bertz CT molecular complexity index is 748. The van der Waals surface area contributed by atoms with Gasteiger partial charge >= 0.3 is 0 Å². The Morgan fingerprint density at radius 3 is 2.25 bits per heavy atom. The lowest BCUT2D eigenvalue weighted by Gasteiger charge is -2.12. The van der Waals surface area contributed by atoms with Crippen molar-refractivity contribution >= 4 is 41.5 Å². The summed E-state index contributed by atoms with van der Waals surface area (Å²) < 4.78 is 12.9. The number of benzene rings is 2.